The van der Waals surface area contributed by atoms with Gasteiger partial charge in [0.05, 0.1) is 12.2 Å². The molecule has 1 aromatic carbocycles. The van der Waals surface area contributed by atoms with Crippen molar-refractivity contribution in [2.24, 2.45) is 0 Å². The van der Waals surface area contributed by atoms with Gasteiger partial charge in [0.15, 0.2) is 0 Å². The Labute approximate surface area is 92.5 Å². The van der Waals surface area contributed by atoms with E-state index in [2.05, 4.69) is 16.6 Å². The summed E-state index contributed by atoms with van der Waals surface area (Å²) in [5.41, 5.74) is 0.397. The van der Waals surface area contributed by atoms with E-state index >= 15 is 0 Å². The molecule has 0 N–H and O–H groups in total. The Morgan fingerprint density at radius 2 is 2.25 bits per heavy atom. The van der Waals surface area contributed by atoms with Crippen molar-refractivity contribution in [2.45, 2.75) is 6.92 Å². The van der Waals surface area contributed by atoms with Gasteiger partial charge < -0.3 is 4.74 Å². The van der Waals surface area contributed by atoms with Gasteiger partial charge in [0.2, 0.25) is 0 Å². The molecule has 0 fully saturated rings. The first-order valence-corrected chi connectivity index (χ1v) is 4.55. The number of hydrogen-bond acceptors (Lipinski definition) is 3. The molecular weight excluding hydrogens is 209 g/mol. The maximum absolute atomic E-state index is 12.8. The van der Waals surface area contributed by atoms with Crippen molar-refractivity contribution in [3.8, 4) is 17.9 Å². The molecule has 0 unspecified atom stereocenters. The smallest absolute Gasteiger partial charge is 0.384 e. The van der Waals surface area contributed by atoms with Crippen LogP contribution < -0.4 is 0 Å². The topological polar surface area (TPSA) is 50.1 Å². The van der Waals surface area contributed by atoms with E-state index in [1.165, 1.54) is 12.1 Å². The fourth-order valence-electron chi connectivity index (χ4n) is 1.00. The number of carbonyl (C=O) groups is 1. The standard InChI is InChI=1S/C12H8FNO2/c1-2-16-12(15)6-4-9-3-5-11(13)7-10(9)8-14/h3,5,7H,2H2,1H3. The van der Waals surface area contributed by atoms with Crippen molar-refractivity contribution in [1.29, 1.82) is 5.26 Å². The van der Waals surface area contributed by atoms with E-state index in [0.29, 0.717) is 5.56 Å². The zero-order valence-electron chi connectivity index (χ0n) is 8.58. The molecule has 0 amide bonds. The lowest BCUT2D eigenvalue weighted by atomic mass is 10.1. The molecule has 0 saturated heterocycles. The van der Waals surface area contributed by atoms with Crippen LogP contribution in [0.4, 0.5) is 4.39 Å². The second-order valence-corrected chi connectivity index (χ2v) is 2.77. The van der Waals surface area contributed by atoms with Crippen molar-refractivity contribution >= 4 is 5.97 Å². The molecule has 3 nitrogen and oxygen atoms in total. The van der Waals surface area contributed by atoms with E-state index < -0.39 is 11.8 Å². The third-order valence-corrected chi connectivity index (χ3v) is 1.68. The van der Waals surface area contributed by atoms with E-state index in [1.807, 2.05) is 0 Å². The first kappa shape index (κ1) is 11.7. The minimum absolute atomic E-state index is 0.0943. The highest BCUT2D eigenvalue weighted by molar-refractivity contribution is 5.89. The van der Waals surface area contributed by atoms with Crippen LogP contribution in [0, 0.1) is 29.0 Å². The number of nitriles is 1. The molecule has 0 aliphatic heterocycles. The summed E-state index contributed by atoms with van der Waals surface area (Å²) >= 11 is 0. The first-order valence-electron chi connectivity index (χ1n) is 4.55. The maximum atomic E-state index is 12.8. The number of nitrogens with zero attached hydrogens (tertiary/aromatic N) is 1. The van der Waals surface area contributed by atoms with Crippen molar-refractivity contribution in [3.05, 3.63) is 35.1 Å². The summed E-state index contributed by atoms with van der Waals surface area (Å²) in [6, 6.07) is 5.39. The molecule has 0 aliphatic rings. The van der Waals surface area contributed by atoms with Crippen LogP contribution in [0.15, 0.2) is 18.2 Å². The SMILES string of the molecule is CCOC(=O)C#Cc1ccc(F)cc1C#N. The highest BCUT2D eigenvalue weighted by Crippen LogP contribution is 2.08. The molecule has 16 heavy (non-hydrogen) atoms. The highest BCUT2D eigenvalue weighted by Gasteiger charge is 2.01. The summed E-state index contributed by atoms with van der Waals surface area (Å²) < 4.78 is 17.4. The Kier molecular flexibility index (Phi) is 4.06. The van der Waals surface area contributed by atoms with Gasteiger partial charge in [-0.2, -0.15) is 5.26 Å². The minimum atomic E-state index is -0.671. The molecule has 0 saturated carbocycles. The Bertz CT molecular complexity index is 506. The second kappa shape index (κ2) is 5.53. The van der Waals surface area contributed by atoms with Gasteiger partial charge in [-0.3, -0.25) is 0 Å². The molecule has 0 spiro atoms. The third-order valence-electron chi connectivity index (χ3n) is 1.68. The fraction of sp³-hybridized carbons (Fsp3) is 0.167. The van der Waals surface area contributed by atoms with E-state index in [-0.39, 0.29) is 12.2 Å². The molecule has 0 aromatic heterocycles. The summed E-state index contributed by atoms with van der Waals surface area (Å²) in [4.78, 5) is 10.9. The summed E-state index contributed by atoms with van der Waals surface area (Å²) in [5, 5.41) is 8.71. The van der Waals surface area contributed by atoms with Crippen molar-refractivity contribution in [1.82, 2.24) is 0 Å². The van der Waals surface area contributed by atoms with Crippen LogP contribution in [0.1, 0.15) is 18.1 Å². The first-order chi connectivity index (χ1) is 7.67. The fourth-order valence-corrected chi connectivity index (χ4v) is 1.00. The van der Waals surface area contributed by atoms with E-state index in [9.17, 15) is 9.18 Å². The number of hydrogen-bond donors (Lipinski definition) is 0. The number of carbonyl (C=O) groups excluding carboxylic acids is 1. The summed E-state index contributed by atoms with van der Waals surface area (Å²) in [7, 11) is 0. The maximum Gasteiger partial charge on any atom is 0.384 e. The number of halogens is 1. The molecule has 0 bridgehead atoms. The largest absolute Gasteiger partial charge is 0.456 e. The second-order valence-electron chi connectivity index (χ2n) is 2.77. The molecular formula is C12H8FNO2. The van der Waals surface area contributed by atoms with Crippen LogP contribution in [0.5, 0.6) is 0 Å². The monoisotopic (exact) mass is 217 g/mol. The van der Waals surface area contributed by atoms with Gasteiger partial charge in [-0.1, -0.05) is 5.92 Å². The normalized spacial score (nSPS) is 8.56. The van der Waals surface area contributed by atoms with Gasteiger partial charge >= 0.3 is 5.97 Å². The molecule has 80 valence electrons. The van der Waals surface area contributed by atoms with Crippen LogP contribution in [-0.4, -0.2) is 12.6 Å². The number of benzene rings is 1. The van der Waals surface area contributed by atoms with Crippen LogP contribution in [-0.2, 0) is 9.53 Å². The average Bonchev–Trinajstić information content (AvgIpc) is 2.27. The number of ether oxygens (including phenoxy) is 1. The molecule has 0 atom stereocenters. The van der Waals surface area contributed by atoms with Crippen LogP contribution in [0.25, 0.3) is 0 Å². The average molecular weight is 217 g/mol. The summed E-state index contributed by atoms with van der Waals surface area (Å²) in [5.74, 6) is 3.49. The van der Waals surface area contributed by atoms with E-state index in [4.69, 9.17) is 5.26 Å². The van der Waals surface area contributed by atoms with Crippen LogP contribution in [0.2, 0.25) is 0 Å². The Morgan fingerprint density at radius 1 is 1.50 bits per heavy atom. The van der Waals surface area contributed by atoms with Gasteiger partial charge in [0.1, 0.15) is 11.9 Å². The zero-order valence-corrected chi connectivity index (χ0v) is 8.58. The van der Waals surface area contributed by atoms with Crippen molar-refractivity contribution in [3.63, 3.8) is 0 Å². The predicted molar refractivity (Wildman–Crippen MR) is 54.6 cm³/mol. The van der Waals surface area contributed by atoms with Crippen molar-refractivity contribution in [2.75, 3.05) is 6.61 Å². The predicted octanol–water partition coefficient (Wildman–Crippen LogP) is 1.61. The summed E-state index contributed by atoms with van der Waals surface area (Å²) in [6.45, 7) is 1.90. The van der Waals surface area contributed by atoms with E-state index in [1.54, 1.807) is 13.0 Å². The Hall–Kier alpha value is -2.33. The lowest BCUT2D eigenvalue weighted by Crippen LogP contribution is -1.99. The van der Waals surface area contributed by atoms with Crippen molar-refractivity contribution < 1.29 is 13.9 Å². The molecule has 1 rings (SSSR count). The van der Waals surface area contributed by atoms with Crippen LogP contribution in [0.3, 0.4) is 0 Å². The van der Waals surface area contributed by atoms with Gasteiger partial charge in [0.25, 0.3) is 0 Å². The molecule has 1 aromatic rings. The third kappa shape index (κ3) is 3.11. The van der Waals surface area contributed by atoms with Gasteiger partial charge in [0, 0.05) is 11.5 Å². The minimum Gasteiger partial charge on any atom is -0.456 e. The van der Waals surface area contributed by atoms with E-state index in [0.717, 1.165) is 6.07 Å². The molecule has 0 heterocycles. The summed E-state index contributed by atoms with van der Waals surface area (Å²) in [6.07, 6.45) is 0. The lowest BCUT2D eigenvalue weighted by molar-refractivity contribution is -0.136. The Morgan fingerprint density at radius 3 is 2.88 bits per heavy atom. The highest BCUT2D eigenvalue weighted by atomic mass is 19.1. The number of esters is 1. The van der Waals surface area contributed by atoms with Gasteiger partial charge in [-0.15, -0.1) is 0 Å². The Balaban J connectivity index is 2.98. The number of rotatable bonds is 1. The van der Waals surface area contributed by atoms with Gasteiger partial charge in [-0.05, 0) is 25.1 Å². The molecule has 0 radical (unpaired) electrons. The van der Waals surface area contributed by atoms with Gasteiger partial charge in [-0.25, -0.2) is 9.18 Å². The van der Waals surface area contributed by atoms with Crippen LogP contribution >= 0.6 is 0 Å². The zero-order chi connectivity index (χ0) is 12.0. The quantitative estimate of drug-likeness (QED) is 0.530. The molecule has 0 aliphatic carbocycles. The molecule has 4 heteroatoms. The lowest BCUT2D eigenvalue weighted by Gasteiger charge is -1.95.